The zero-order chi connectivity index (χ0) is 21.7. The molecule has 0 aromatic heterocycles. The summed E-state index contributed by atoms with van der Waals surface area (Å²) in [5.74, 6) is 0.925. The van der Waals surface area contributed by atoms with Gasteiger partial charge in [0.05, 0.1) is 12.5 Å². The fraction of sp³-hybridized carbons (Fsp3) is 0.440. The van der Waals surface area contributed by atoms with E-state index < -0.39 is 5.41 Å². The minimum absolute atomic E-state index is 0.116. The van der Waals surface area contributed by atoms with Crippen LogP contribution in [0.2, 0.25) is 0 Å². The van der Waals surface area contributed by atoms with Gasteiger partial charge in [0.25, 0.3) is 0 Å². The van der Waals surface area contributed by atoms with Gasteiger partial charge < -0.3 is 15.4 Å². The van der Waals surface area contributed by atoms with Crippen molar-refractivity contribution in [3.05, 3.63) is 54.1 Å². The number of piperidine rings is 1. The van der Waals surface area contributed by atoms with E-state index in [9.17, 15) is 9.59 Å². The van der Waals surface area contributed by atoms with Gasteiger partial charge in [0, 0.05) is 19.5 Å². The maximum Gasteiger partial charge on any atom is 0.225 e. The normalized spacial score (nSPS) is 19.0. The number of benzene rings is 2. The van der Waals surface area contributed by atoms with Crippen LogP contribution in [0.5, 0.6) is 5.75 Å². The molecule has 1 aliphatic rings. The maximum absolute atomic E-state index is 12.6. The molecule has 1 aliphatic heterocycles. The minimum atomic E-state index is -0.702. The highest BCUT2D eigenvalue weighted by molar-refractivity contribution is 5.83. The SMILES string of the molecule is COc1ccc(-c2ccc(C[C@@]3(C(N)=O)CCCN(C(=O)CC(C)C)C3)cc2)cc1. The second kappa shape index (κ2) is 9.33. The van der Waals surface area contributed by atoms with Crippen LogP contribution < -0.4 is 10.5 Å². The molecule has 1 saturated heterocycles. The fourth-order valence-electron chi connectivity index (χ4n) is 4.24. The van der Waals surface area contributed by atoms with Crippen molar-refractivity contribution in [1.82, 2.24) is 4.90 Å². The molecule has 2 N–H and O–H groups in total. The Hall–Kier alpha value is -2.82. The highest BCUT2D eigenvalue weighted by Gasteiger charge is 2.42. The standard InChI is InChI=1S/C25H32N2O3/c1-18(2)15-23(28)27-14-4-13-25(17-27,24(26)29)16-19-5-7-20(8-6-19)21-9-11-22(30-3)12-10-21/h5-12,18H,4,13-17H2,1-3H3,(H2,26,29)/t25-/m0/s1. The van der Waals surface area contributed by atoms with E-state index in [1.807, 2.05) is 43.0 Å². The highest BCUT2D eigenvalue weighted by atomic mass is 16.5. The van der Waals surface area contributed by atoms with Crippen molar-refractivity contribution in [2.24, 2.45) is 17.1 Å². The van der Waals surface area contributed by atoms with E-state index in [-0.39, 0.29) is 11.8 Å². The maximum atomic E-state index is 12.6. The summed E-state index contributed by atoms with van der Waals surface area (Å²) in [5, 5.41) is 0. The van der Waals surface area contributed by atoms with Crippen LogP contribution >= 0.6 is 0 Å². The number of amides is 2. The summed E-state index contributed by atoms with van der Waals surface area (Å²) < 4.78 is 5.22. The zero-order valence-electron chi connectivity index (χ0n) is 18.2. The summed E-state index contributed by atoms with van der Waals surface area (Å²) in [6.45, 7) is 5.19. The van der Waals surface area contributed by atoms with Crippen LogP contribution in [0.3, 0.4) is 0 Å². The van der Waals surface area contributed by atoms with Gasteiger partial charge in [0.2, 0.25) is 11.8 Å². The summed E-state index contributed by atoms with van der Waals surface area (Å²) in [4.78, 5) is 26.9. The highest BCUT2D eigenvalue weighted by Crippen LogP contribution is 2.35. The van der Waals surface area contributed by atoms with Gasteiger partial charge in [-0.3, -0.25) is 9.59 Å². The molecule has 0 saturated carbocycles. The first-order valence-electron chi connectivity index (χ1n) is 10.6. The molecular weight excluding hydrogens is 376 g/mol. The number of hydrogen-bond donors (Lipinski definition) is 1. The number of carbonyl (C=O) groups is 2. The summed E-state index contributed by atoms with van der Waals surface area (Å²) >= 11 is 0. The Labute approximate surface area is 179 Å². The number of carbonyl (C=O) groups excluding carboxylic acids is 2. The van der Waals surface area contributed by atoms with Crippen molar-refractivity contribution >= 4 is 11.8 Å². The first-order chi connectivity index (χ1) is 14.3. The summed E-state index contributed by atoms with van der Waals surface area (Å²) in [7, 11) is 1.65. The van der Waals surface area contributed by atoms with E-state index in [2.05, 4.69) is 24.3 Å². The summed E-state index contributed by atoms with van der Waals surface area (Å²) in [5.41, 5.74) is 8.44. The molecule has 5 heteroatoms. The average molecular weight is 409 g/mol. The molecular formula is C25H32N2O3. The van der Waals surface area contributed by atoms with Crippen molar-refractivity contribution in [1.29, 1.82) is 0 Å². The van der Waals surface area contributed by atoms with Gasteiger partial charge in [0.15, 0.2) is 0 Å². The molecule has 2 amide bonds. The molecule has 0 radical (unpaired) electrons. The van der Waals surface area contributed by atoms with Crippen molar-refractivity contribution < 1.29 is 14.3 Å². The molecule has 2 aromatic rings. The van der Waals surface area contributed by atoms with Crippen LogP contribution in [-0.4, -0.2) is 36.9 Å². The number of likely N-dealkylation sites (tertiary alicyclic amines) is 1. The summed E-state index contributed by atoms with van der Waals surface area (Å²) in [6.07, 6.45) is 2.58. The van der Waals surface area contributed by atoms with E-state index in [0.717, 1.165) is 28.9 Å². The predicted molar refractivity (Wildman–Crippen MR) is 119 cm³/mol. The fourth-order valence-corrected chi connectivity index (χ4v) is 4.24. The van der Waals surface area contributed by atoms with Gasteiger partial charge in [-0.1, -0.05) is 50.2 Å². The molecule has 1 atom stereocenters. The Kier molecular flexibility index (Phi) is 6.80. The smallest absolute Gasteiger partial charge is 0.225 e. The second-order valence-electron chi connectivity index (χ2n) is 8.76. The van der Waals surface area contributed by atoms with Gasteiger partial charge in [0.1, 0.15) is 5.75 Å². The van der Waals surface area contributed by atoms with Crippen LogP contribution in [0.4, 0.5) is 0 Å². The van der Waals surface area contributed by atoms with E-state index in [0.29, 0.717) is 38.3 Å². The van der Waals surface area contributed by atoms with E-state index in [4.69, 9.17) is 10.5 Å². The lowest BCUT2D eigenvalue weighted by molar-refractivity contribution is -0.140. The zero-order valence-corrected chi connectivity index (χ0v) is 18.2. The van der Waals surface area contributed by atoms with Gasteiger partial charge in [-0.25, -0.2) is 0 Å². The van der Waals surface area contributed by atoms with E-state index >= 15 is 0 Å². The van der Waals surface area contributed by atoms with Crippen LogP contribution in [-0.2, 0) is 16.0 Å². The van der Waals surface area contributed by atoms with Crippen molar-refractivity contribution in [3.8, 4) is 16.9 Å². The van der Waals surface area contributed by atoms with E-state index in [1.54, 1.807) is 7.11 Å². The Morgan fingerprint density at radius 2 is 1.67 bits per heavy atom. The number of rotatable bonds is 7. The molecule has 30 heavy (non-hydrogen) atoms. The van der Waals surface area contributed by atoms with Crippen molar-refractivity contribution in [2.75, 3.05) is 20.2 Å². The van der Waals surface area contributed by atoms with Crippen molar-refractivity contribution in [3.63, 3.8) is 0 Å². The third-order valence-corrected chi connectivity index (χ3v) is 5.95. The van der Waals surface area contributed by atoms with Crippen LogP contribution in [0.15, 0.2) is 48.5 Å². The molecule has 2 aromatic carbocycles. The second-order valence-corrected chi connectivity index (χ2v) is 8.76. The van der Waals surface area contributed by atoms with Crippen LogP contribution in [0.25, 0.3) is 11.1 Å². The molecule has 0 spiro atoms. The lowest BCUT2D eigenvalue weighted by atomic mass is 9.74. The molecule has 1 heterocycles. The number of primary amides is 1. The van der Waals surface area contributed by atoms with E-state index in [1.165, 1.54) is 0 Å². The molecule has 0 aliphatic carbocycles. The average Bonchev–Trinajstić information content (AvgIpc) is 2.74. The largest absolute Gasteiger partial charge is 0.497 e. The number of methoxy groups -OCH3 is 1. The van der Waals surface area contributed by atoms with Crippen LogP contribution in [0.1, 0.15) is 38.7 Å². The predicted octanol–water partition coefficient (Wildman–Crippen LogP) is 4.04. The Morgan fingerprint density at radius 3 is 2.20 bits per heavy atom. The molecule has 0 unspecified atom stereocenters. The molecule has 3 rings (SSSR count). The van der Waals surface area contributed by atoms with Crippen LogP contribution in [0, 0.1) is 11.3 Å². The third-order valence-electron chi connectivity index (χ3n) is 5.95. The molecule has 160 valence electrons. The van der Waals surface area contributed by atoms with Gasteiger partial charge in [-0.15, -0.1) is 0 Å². The number of ether oxygens (including phenoxy) is 1. The number of hydrogen-bond acceptors (Lipinski definition) is 3. The number of nitrogens with two attached hydrogens (primary N) is 1. The lowest BCUT2D eigenvalue weighted by Gasteiger charge is -2.41. The van der Waals surface area contributed by atoms with Gasteiger partial charge in [-0.05, 0) is 54.0 Å². The monoisotopic (exact) mass is 408 g/mol. The lowest BCUT2D eigenvalue weighted by Crippen LogP contribution is -2.53. The first-order valence-corrected chi connectivity index (χ1v) is 10.6. The first kappa shape index (κ1) is 21.9. The third kappa shape index (κ3) is 5.02. The van der Waals surface area contributed by atoms with Gasteiger partial charge in [-0.2, -0.15) is 0 Å². The van der Waals surface area contributed by atoms with Gasteiger partial charge >= 0.3 is 0 Å². The Morgan fingerprint density at radius 1 is 1.07 bits per heavy atom. The van der Waals surface area contributed by atoms with Crippen molar-refractivity contribution in [2.45, 2.75) is 39.5 Å². The Balaban J connectivity index is 1.76. The quantitative estimate of drug-likeness (QED) is 0.751. The molecule has 0 bridgehead atoms. The molecule has 1 fully saturated rings. The molecule has 5 nitrogen and oxygen atoms in total. The summed E-state index contributed by atoms with van der Waals surface area (Å²) in [6, 6.07) is 16.2. The minimum Gasteiger partial charge on any atom is -0.497 e. The topological polar surface area (TPSA) is 72.6 Å². The number of nitrogens with zero attached hydrogens (tertiary/aromatic N) is 1. The Bertz CT molecular complexity index is 874.